The van der Waals surface area contributed by atoms with Crippen LogP contribution < -0.4 is 15.8 Å². The summed E-state index contributed by atoms with van der Waals surface area (Å²) in [4.78, 5) is 37.8. The van der Waals surface area contributed by atoms with Crippen LogP contribution >= 0.6 is 11.6 Å². The summed E-state index contributed by atoms with van der Waals surface area (Å²) in [7, 11) is 0. The highest BCUT2D eigenvalue weighted by atomic mass is 35.5. The molecule has 8 heteroatoms. The van der Waals surface area contributed by atoms with Crippen LogP contribution in [0.4, 0.5) is 10.1 Å². The molecule has 0 radical (unpaired) electrons. The molecule has 1 heterocycles. The first-order valence-electron chi connectivity index (χ1n) is 8.27. The molecule has 6 nitrogen and oxygen atoms in total. The Kier molecular flexibility index (Phi) is 5.53. The van der Waals surface area contributed by atoms with Gasteiger partial charge in [-0.1, -0.05) is 29.8 Å². The maximum Gasteiger partial charge on any atom is 0.253 e. The summed E-state index contributed by atoms with van der Waals surface area (Å²) in [5.74, 6) is -1.64. The standard InChI is InChI=1S/C19H17ClFN3O3/c1-11-2-7-14(9-15(11)20)24-18(26)10-16(19(24)27)22-23-17(25)8-12-3-5-13(21)6-4-12/h2-7,9,16,22H,8,10H2,1H3,(H,23,25)/t16-/m0/s1. The zero-order chi connectivity index (χ0) is 19.6. The number of aryl methyl sites for hydroxylation is 1. The van der Waals surface area contributed by atoms with Crippen molar-refractivity contribution in [3.63, 3.8) is 0 Å². The number of hydrogen-bond donors (Lipinski definition) is 2. The molecule has 2 aromatic rings. The van der Waals surface area contributed by atoms with Crippen LogP contribution in [0.3, 0.4) is 0 Å². The van der Waals surface area contributed by atoms with Crippen molar-refractivity contribution in [2.75, 3.05) is 4.90 Å². The maximum atomic E-state index is 12.9. The molecule has 1 fully saturated rings. The first kappa shape index (κ1) is 19.0. The average molecular weight is 390 g/mol. The molecule has 1 aliphatic rings. The Morgan fingerprint density at radius 2 is 1.93 bits per heavy atom. The second-order valence-electron chi connectivity index (χ2n) is 6.25. The third-order valence-electron chi connectivity index (χ3n) is 4.22. The summed E-state index contributed by atoms with van der Waals surface area (Å²) < 4.78 is 12.9. The van der Waals surface area contributed by atoms with Gasteiger partial charge in [-0.05, 0) is 42.3 Å². The monoisotopic (exact) mass is 389 g/mol. The molecule has 140 valence electrons. The minimum Gasteiger partial charge on any atom is -0.291 e. The summed E-state index contributed by atoms with van der Waals surface area (Å²) in [6.45, 7) is 1.82. The van der Waals surface area contributed by atoms with Gasteiger partial charge in [-0.15, -0.1) is 0 Å². The molecule has 0 unspecified atom stereocenters. The molecule has 0 aliphatic carbocycles. The van der Waals surface area contributed by atoms with Crippen molar-refractivity contribution in [2.24, 2.45) is 0 Å². The molecule has 1 saturated heterocycles. The molecule has 2 N–H and O–H groups in total. The van der Waals surface area contributed by atoms with E-state index in [1.54, 1.807) is 18.2 Å². The van der Waals surface area contributed by atoms with Gasteiger partial charge in [-0.2, -0.15) is 0 Å². The highest BCUT2D eigenvalue weighted by Crippen LogP contribution is 2.27. The maximum absolute atomic E-state index is 12.9. The predicted octanol–water partition coefficient (Wildman–Crippen LogP) is 2.28. The quantitative estimate of drug-likeness (QED) is 0.607. The van der Waals surface area contributed by atoms with Gasteiger partial charge < -0.3 is 0 Å². The van der Waals surface area contributed by atoms with E-state index < -0.39 is 17.9 Å². The largest absolute Gasteiger partial charge is 0.291 e. The van der Waals surface area contributed by atoms with Gasteiger partial charge in [0.15, 0.2) is 0 Å². The summed E-state index contributed by atoms with van der Waals surface area (Å²) in [6.07, 6.45) is -0.0689. The predicted molar refractivity (Wildman–Crippen MR) is 98.5 cm³/mol. The van der Waals surface area contributed by atoms with Gasteiger partial charge in [0, 0.05) is 5.02 Å². The Labute approximate surface area is 160 Å². The second kappa shape index (κ2) is 7.85. The molecule has 0 aromatic heterocycles. The Balaban J connectivity index is 1.60. The lowest BCUT2D eigenvalue weighted by molar-refractivity contribution is -0.122. The molecule has 1 atom stereocenters. The van der Waals surface area contributed by atoms with Crippen molar-refractivity contribution in [3.05, 3.63) is 64.4 Å². The molecule has 1 aliphatic heterocycles. The van der Waals surface area contributed by atoms with Crippen LogP contribution in [0.5, 0.6) is 0 Å². The van der Waals surface area contributed by atoms with Crippen molar-refractivity contribution in [1.82, 2.24) is 10.9 Å². The lowest BCUT2D eigenvalue weighted by atomic mass is 10.1. The second-order valence-corrected chi connectivity index (χ2v) is 6.66. The van der Waals surface area contributed by atoms with E-state index >= 15 is 0 Å². The fraction of sp³-hybridized carbons (Fsp3) is 0.211. The van der Waals surface area contributed by atoms with Gasteiger partial charge in [0.25, 0.3) is 5.91 Å². The molecule has 27 heavy (non-hydrogen) atoms. The van der Waals surface area contributed by atoms with Crippen molar-refractivity contribution < 1.29 is 18.8 Å². The number of anilines is 1. The van der Waals surface area contributed by atoms with Gasteiger partial charge in [0.2, 0.25) is 11.8 Å². The van der Waals surface area contributed by atoms with Crippen LogP contribution in [-0.4, -0.2) is 23.8 Å². The Morgan fingerprint density at radius 3 is 2.59 bits per heavy atom. The molecule has 0 saturated carbocycles. The third kappa shape index (κ3) is 4.32. The van der Waals surface area contributed by atoms with Crippen LogP contribution in [-0.2, 0) is 20.8 Å². The smallest absolute Gasteiger partial charge is 0.253 e. The minimum absolute atomic E-state index is 0.0133. The first-order chi connectivity index (χ1) is 12.8. The van der Waals surface area contributed by atoms with Crippen LogP contribution in [0.1, 0.15) is 17.5 Å². The normalized spacial score (nSPS) is 16.7. The van der Waals surface area contributed by atoms with E-state index in [9.17, 15) is 18.8 Å². The summed E-state index contributed by atoms with van der Waals surface area (Å²) in [5.41, 5.74) is 6.88. The highest BCUT2D eigenvalue weighted by Gasteiger charge is 2.39. The number of amides is 3. The number of benzene rings is 2. The zero-order valence-corrected chi connectivity index (χ0v) is 15.2. The number of imide groups is 1. The van der Waals surface area contributed by atoms with Crippen molar-refractivity contribution in [3.8, 4) is 0 Å². The fourth-order valence-corrected chi connectivity index (χ4v) is 2.91. The molecule has 3 rings (SSSR count). The van der Waals surface area contributed by atoms with Crippen molar-refractivity contribution in [1.29, 1.82) is 0 Å². The van der Waals surface area contributed by atoms with Crippen LogP contribution in [0.15, 0.2) is 42.5 Å². The van der Waals surface area contributed by atoms with Gasteiger partial charge in [-0.25, -0.2) is 14.7 Å². The van der Waals surface area contributed by atoms with E-state index in [1.165, 1.54) is 24.3 Å². The lowest BCUT2D eigenvalue weighted by Gasteiger charge is -2.16. The fourth-order valence-electron chi connectivity index (χ4n) is 2.74. The summed E-state index contributed by atoms with van der Waals surface area (Å²) in [5, 5.41) is 0.456. The average Bonchev–Trinajstić information content (AvgIpc) is 2.91. The molecular formula is C19H17ClFN3O3. The summed E-state index contributed by atoms with van der Waals surface area (Å²) >= 11 is 6.07. The van der Waals surface area contributed by atoms with Crippen LogP contribution in [0, 0.1) is 12.7 Å². The Bertz CT molecular complexity index is 902. The zero-order valence-electron chi connectivity index (χ0n) is 14.5. The van der Waals surface area contributed by atoms with E-state index in [0.717, 1.165) is 10.5 Å². The SMILES string of the molecule is Cc1ccc(N2C(=O)C[C@H](NNC(=O)Cc3ccc(F)cc3)C2=O)cc1Cl. The Hall–Kier alpha value is -2.77. The van der Waals surface area contributed by atoms with Crippen LogP contribution in [0.25, 0.3) is 0 Å². The van der Waals surface area contributed by atoms with Crippen molar-refractivity contribution >= 4 is 35.0 Å². The number of nitrogens with one attached hydrogen (secondary N) is 2. The van der Waals surface area contributed by atoms with E-state index in [-0.39, 0.29) is 24.6 Å². The third-order valence-corrected chi connectivity index (χ3v) is 4.63. The number of hydrogen-bond acceptors (Lipinski definition) is 4. The van der Waals surface area contributed by atoms with Gasteiger partial charge in [0.05, 0.1) is 18.5 Å². The Morgan fingerprint density at radius 1 is 1.22 bits per heavy atom. The summed E-state index contributed by atoms with van der Waals surface area (Å²) in [6, 6.07) is 9.59. The lowest BCUT2D eigenvalue weighted by Crippen LogP contribution is -2.48. The van der Waals surface area contributed by atoms with Crippen LogP contribution in [0.2, 0.25) is 5.02 Å². The minimum atomic E-state index is -0.866. The van der Waals surface area contributed by atoms with E-state index in [1.807, 2.05) is 6.92 Å². The number of carbonyl (C=O) groups excluding carboxylic acids is 3. The molecular weight excluding hydrogens is 373 g/mol. The van der Waals surface area contributed by atoms with E-state index in [4.69, 9.17) is 11.6 Å². The van der Waals surface area contributed by atoms with Crippen molar-refractivity contribution in [2.45, 2.75) is 25.8 Å². The topological polar surface area (TPSA) is 78.5 Å². The molecule has 2 aromatic carbocycles. The number of halogens is 2. The van der Waals surface area contributed by atoms with E-state index in [2.05, 4.69) is 10.9 Å². The number of carbonyl (C=O) groups is 3. The first-order valence-corrected chi connectivity index (χ1v) is 8.64. The highest BCUT2D eigenvalue weighted by molar-refractivity contribution is 6.32. The van der Waals surface area contributed by atoms with E-state index in [0.29, 0.717) is 16.3 Å². The molecule has 0 spiro atoms. The number of rotatable bonds is 5. The molecule has 0 bridgehead atoms. The number of hydrazine groups is 1. The molecule has 3 amide bonds. The van der Waals surface area contributed by atoms with Gasteiger partial charge >= 0.3 is 0 Å². The number of nitrogens with zero attached hydrogens (tertiary/aromatic N) is 1. The van der Waals surface area contributed by atoms with Gasteiger partial charge in [-0.3, -0.25) is 19.8 Å². The van der Waals surface area contributed by atoms with Gasteiger partial charge in [0.1, 0.15) is 11.9 Å².